The van der Waals surface area contributed by atoms with Gasteiger partial charge < -0.3 is 14.5 Å². The predicted molar refractivity (Wildman–Crippen MR) is 160 cm³/mol. The number of rotatable bonds is 7. The highest BCUT2D eigenvalue weighted by atomic mass is 15.1. The molecule has 2 aromatic heterocycles. The van der Waals surface area contributed by atoms with Gasteiger partial charge in [-0.2, -0.15) is 0 Å². The fourth-order valence-electron chi connectivity index (χ4n) is 5.88. The summed E-state index contributed by atoms with van der Waals surface area (Å²) in [6, 6.07) is 31.2. The summed E-state index contributed by atoms with van der Waals surface area (Å²) in [6.45, 7) is 6.26. The molecule has 0 amide bonds. The van der Waals surface area contributed by atoms with Gasteiger partial charge in [-0.05, 0) is 65.4 Å². The van der Waals surface area contributed by atoms with Crippen molar-refractivity contribution in [3.63, 3.8) is 0 Å². The molecule has 5 heteroatoms. The Balaban J connectivity index is 1.29. The Hall–Kier alpha value is -4.22. The van der Waals surface area contributed by atoms with Gasteiger partial charge in [0, 0.05) is 38.2 Å². The molecule has 0 bridgehead atoms. The van der Waals surface area contributed by atoms with Crippen LogP contribution in [0.1, 0.15) is 41.9 Å². The molecular formula is C34H33N5. The van der Waals surface area contributed by atoms with Crippen LogP contribution in [0, 0.1) is 6.92 Å². The topological polar surface area (TPSA) is 57.6 Å². The minimum Gasteiger partial charge on any atom is -0.327 e. The standard InChI is InChI=1S/C34H33N5/c1-4-9-32-37-33-22(2)18-25(34-36-28-12-7-8-13-30(28)38(34)3)19-31(33)39(32)21-23-14-16-24(17-15-23)26-10-5-6-11-27(26)29-20-35-29/h5-8,10-19,29,35H,4,9,20-21H2,1-3H3. The third-order valence-electron chi connectivity index (χ3n) is 7.99. The van der Waals surface area contributed by atoms with E-state index >= 15 is 0 Å². The van der Waals surface area contributed by atoms with Crippen molar-refractivity contribution in [2.24, 2.45) is 7.05 Å². The molecule has 4 aromatic carbocycles. The SMILES string of the molecule is CCCc1nc2c(C)cc(-c3nc4ccccc4n3C)cc2n1Cc1ccc(-c2ccccc2C2CN2)cc1. The molecule has 1 saturated heterocycles. The Morgan fingerprint density at radius 2 is 1.64 bits per heavy atom. The zero-order chi connectivity index (χ0) is 26.5. The number of hydrogen-bond donors (Lipinski definition) is 1. The van der Waals surface area contributed by atoms with Gasteiger partial charge in [0.1, 0.15) is 11.6 Å². The third-order valence-corrected chi connectivity index (χ3v) is 7.99. The highest BCUT2D eigenvalue weighted by Crippen LogP contribution is 2.33. The molecule has 7 rings (SSSR count). The quantitative estimate of drug-likeness (QED) is 0.230. The van der Waals surface area contributed by atoms with Crippen LogP contribution in [0.4, 0.5) is 0 Å². The van der Waals surface area contributed by atoms with E-state index < -0.39 is 0 Å². The van der Waals surface area contributed by atoms with Gasteiger partial charge in [-0.1, -0.05) is 67.6 Å². The minimum atomic E-state index is 0.489. The Morgan fingerprint density at radius 3 is 2.41 bits per heavy atom. The third kappa shape index (κ3) is 4.23. The Kier molecular flexibility index (Phi) is 5.82. The molecule has 6 aromatic rings. The first-order valence-corrected chi connectivity index (χ1v) is 13.9. The van der Waals surface area contributed by atoms with E-state index in [1.165, 1.54) is 33.3 Å². The Bertz CT molecular complexity index is 1820. The van der Waals surface area contributed by atoms with Crippen LogP contribution < -0.4 is 5.32 Å². The lowest BCUT2D eigenvalue weighted by Crippen LogP contribution is -2.05. The van der Waals surface area contributed by atoms with E-state index in [2.05, 4.69) is 114 Å². The summed E-state index contributed by atoms with van der Waals surface area (Å²) in [5, 5.41) is 3.45. The molecule has 0 saturated carbocycles. The van der Waals surface area contributed by atoms with E-state index in [0.717, 1.165) is 59.7 Å². The summed E-state index contributed by atoms with van der Waals surface area (Å²) >= 11 is 0. The zero-order valence-corrected chi connectivity index (χ0v) is 22.8. The van der Waals surface area contributed by atoms with Gasteiger partial charge in [-0.15, -0.1) is 0 Å². The number of nitrogens with zero attached hydrogens (tertiary/aromatic N) is 4. The number of benzene rings is 4. The first-order valence-electron chi connectivity index (χ1n) is 13.9. The molecule has 0 radical (unpaired) electrons. The van der Waals surface area contributed by atoms with Crippen LogP contribution in [0.25, 0.3) is 44.6 Å². The molecule has 1 unspecified atom stereocenters. The van der Waals surface area contributed by atoms with E-state index in [1.807, 2.05) is 6.07 Å². The Morgan fingerprint density at radius 1 is 0.872 bits per heavy atom. The molecular weight excluding hydrogens is 478 g/mol. The maximum absolute atomic E-state index is 5.13. The molecule has 1 atom stereocenters. The molecule has 194 valence electrons. The van der Waals surface area contributed by atoms with Crippen LogP contribution in [0.2, 0.25) is 0 Å². The zero-order valence-electron chi connectivity index (χ0n) is 22.8. The van der Waals surface area contributed by atoms with E-state index in [4.69, 9.17) is 9.97 Å². The highest BCUT2D eigenvalue weighted by Gasteiger charge is 2.25. The van der Waals surface area contributed by atoms with Crippen molar-refractivity contribution in [3.05, 3.63) is 107 Å². The van der Waals surface area contributed by atoms with Crippen LogP contribution in [0.5, 0.6) is 0 Å². The van der Waals surface area contributed by atoms with Crippen molar-refractivity contribution in [1.82, 2.24) is 24.4 Å². The van der Waals surface area contributed by atoms with Crippen LogP contribution in [0.15, 0.2) is 84.9 Å². The van der Waals surface area contributed by atoms with Crippen molar-refractivity contribution < 1.29 is 0 Å². The lowest BCUT2D eigenvalue weighted by atomic mass is 9.97. The van der Waals surface area contributed by atoms with Gasteiger partial charge in [0.25, 0.3) is 0 Å². The van der Waals surface area contributed by atoms with Crippen LogP contribution in [-0.2, 0) is 20.0 Å². The molecule has 0 spiro atoms. The van der Waals surface area contributed by atoms with Gasteiger partial charge in [0.05, 0.1) is 22.1 Å². The molecule has 39 heavy (non-hydrogen) atoms. The van der Waals surface area contributed by atoms with E-state index in [-0.39, 0.29) is 0 Å². The number of fused-ring (bicyclic) bond motifs is 2. The largest absolute Gasteiger partial charge is 0.327 e. The average molecular weight is 512 g/mol. The molecule has 3 heterocycles. The van der Waals surface area contributed by atoms with Crippen LogP contribution >= 0.6 is 0 Å². The van der Waals surface area contributed by atoms with E-state index in [0.29, 0.717) is 6.04 Å². The maximum Gasteiger partial charge on any atom is 0.140 e. The van der Waals surface area contributed by atoms with Gasteiger partial charge in [-0.25, -0.2) is 9.97 Å². The van der Waals surface area contributed by atoms with E-state index in [1.54, 1.807) is 0 Å². The van der Waals surface area contributed by atoms with Crippen LogP contribution in [-0.4, -0.2) is 25.6 Å². The fourth-order valence-corrected chi connectivity index (χ4v) is 5.88. The number of nitrogens with one attached hydrogen (secondary N) is 1. The molecule has 5 nitrogen and oxygen atoms in total. The molecule has 0 aliphatic carbocycles. The number of imidazole rings is 2. The number of hydrogen-bond acceptors (Lipinski definition) is 3. The summed E-state index contributed by atoms with van der Waals surface area (Å²) in [5.41, 5.74) is 12.0. The predicted octanol–water partition coefficient (Wildman–Crippen LogP) is 7.21. The molecule has 1 N–H and O–H groups in total. The Labute approximate surface area is 229 Å². The fraction of sp³-hybridized carbons (Fsp3) is 0.235. The van der Waals surface area contributed by atoms with Gasteiger partial charge in [0.2, 0.25) is 0 Å². The second-order valence-corrected chi connectivity index (χ2v) is 10.8. The lowest BCUT2D eigenvalue weighted by molar-refractivity contribution is 0.722. The van der Waals surface area contributed by atoms with Gasteiger partial charge in [0.15, 0.2) is 0 Å². The monoisotopic (exact) mass is 511 g/mol. The van der Waals surface area contributed by atoms with Crippen molar-refractivity contribution in [2.45, 2.75) is 39.3 Å². The smallest absolute Gasteiger partial charge is 0.140 e. The minimum absolute atomic E-state index is 0.489. The number of para-hydroxylation sites is 2. The summed E-state index contributed by atoms with van der Waals surface area (Å²) in [5.74, 6) is 2.13. The second kappa shape index (κ2) is 9.51. The van der Waals surface area contributed by atoms with E-state index in [9.17, 15) is 0 Å². The number of aryl methyl sites for hydroxylation is 3. The highest BCUT2D eigenvalue weighted by molar-refractivity contribution is 5.87. The summed E-state index contributed by atoms with van der Waals surface area (Å²) in [4.78, 5) is 10.1. The first-order chi connectivity index (χ1) is 19.1. The van der Waals surface area contributed by atoms with Gasteiger partial charge in [-0.3, -0.25) is 0 Å². The summed E-state index contributed by atoms with van der Waals surface area (Å²) in [7, 11) is 2.10. The van der Waals surface area contributed by atoms with Crippen molar-refractivity contribution in [2.75, 3.05) is 6.54 Å². The summed E-state index contributed by atoms with van der Waals surface area (Å²) in [6.07, 6.45) is 2.01. The second-order valence-electron chi connectivity index (χ2n) is 10.8. The first kappa shape index (κ1) is 23.9. The van der Waals surface area contributed by atoms with Gasteiger partial charge >= 0.3 is 0 Å². The normalized spacial score (nSPS) is 14.9. The van der Waals surface area contributed by atoms with Crippen LogP contribution in [0.3, 0.4) is 0 Å². The van der Waals surface area contributed by atoms with Crippen molar-refractivity contribution in [3.8, 4) is 22.5 Å². The molecule has 1 fully saturated rings. The van der Waals surface area contributed by atoms with Crippen molar-refractivity contribution >= 4 is 22.1 Å². The maximum atomic E-state index is 5.13. The number of aromatic nitrogens is 4. The summed E-state index contributed by atoms with van der Waals surface area (Å²) < 4.78 is 4.60. The molecule has 1 aliphatic heterocycles. The molecule has 1 aliphatic rings. The average Bonchev–Trinajstić information content (AvgIpc) is 3.68. The van der Waals surface area contributed by atoms with Crippen molar-refractivity contribution in [1.29, 1.82) is 0 Å². The lowest BCUT2D eigenvalue weighted by Gasteiger charge is -2.12.